The van der Waals surface area contributed by atoms with Crippen LogP contribution in [-0.4, -0.2) is 46.4 Å². The van der Waals surface area contributed by atoms with Gasteiger partial charge in [0.15, 0.2) is 0 Å². The Morgan fingerprint density at radius 1 is 1.25 bits per heavy atom. The summed E-state index contributed by atoms with van der Waals surface area (Å²) >= 11 is 1.30. The largest absolute Gasteiger partial charge is 0.416 e. The zero-order valence-electron chi connectivity index (χ0n) is 12.3. The Kier molecular flexibility index (Phi) is 8.29. The minimum atomic E-state index is 0.0997. The lowest BCUT2D eigenvalue weighted by molar-refractivity contribution is -0.127. The molecule has 1 rings (SSSR count). The summed E-state index contributed by atoms with van der Waals surface area (Å²) in [5, 5.41) is 8.40. The van der Waals surface area contributed by atoms with Gasteiger partial charge >= 0.3 is 0 Å². The number of thioether (sulfide) groups is 1. The number of carbonyl (C=O) groups is 1. The quantitative estimate of drug-likeness (QED) is 0.523. The van der Waals surface area contributed by atoms with Crippen molar-refractivity contribution in [2.24, 2.45) is 5.73 Å². The van der Waals surface area contributed by atoms with Crippen LogP contribution in [-0.2, 0) is 11.2 Å². The molecule has 0 unspecified atom stereocenters. The maximum absolute atomic E-state index is 11.8. The van der Waals surface area contributed by atoms with Crippen molar-refractivity contribution in [2.75, 3.05) is 25.4 Å². The van der Waals surface area contributed by atoms with Crippen molar-refractivity contribution in [3.8, 4) is 0 Å². The van der Waals surface area contributed by atoms with Crippen LogP contribution in [0.3, 0.4) is 0 Å². The van der Waals surface area contributed by atoms with Crippen LogP contribution >= 0.6 is 11.8 Å². The second kappa shape index (κ2) is 9.77. The van der Waals surface area contributed by atoms with Gasteiger partial charge in [-0.25, -0.2) is 0 Å². The highest BCUT2D eigenvalue weighted by Gasteiger charge is 2.13. The van der Waals surface area contributed by atoms with E-state index in [1.165, 1.54) is 11.8 Å². The summed E-state index contributed by atoms with van der Waals surface area (Å²) in [4.78, 5) is 13.6. The van der Waals surface area contributed by atoms with Gasteiger partial charge in [-0.15, -0.1) is 10.2 Å². The number of hydrogen-bond donors (Lipinski definition) is 1. The third-order valence-electron chi connectivity index (χ3n) is 2.98. The minimum absolute atomic E-state index is 0.0997. The van der Waals surface area contributed by atoms with E-state index in [1.807, 2.05) is 13.8 Å². The molecule has 0 aliphatic carbocycles. The third-order valence-corrected chi connectivity index (χ3v) is 3.78. The molecule has 1 heterocycles. The zero-order chi connectivity index (χ0) is 14.8. The molecule has 0 aliphatic heterocycles. The van der Waals surface area contributed by atoms with E-state index in [0.717, 1.165) is 45.3 Å². The Hall–Kier alpha value is -1.08. The SMILES string of the molecule is CCN(CC)C(=O)CSc1nnc(CCCCCN)o1. The van der Waals surface area contributed by atoms with Crippen molar-refractivity contribution in [2.45, 2.75) is 44.8 Å². The van der Waals surface area contributed by atoms with Crippen LogP contribution in [0.5, 0.6) is 0 Å². The molecule has 0 aromatic carbocycles. The first kappa shape index (κ1) is 17.0. The summed E-state index contributed by atoms with van der Waals surface area (Å²) in [6.07, 6.45) is 3.87. The van der Waals surface area contributed by atoms with Gasteiger partial charge in [0.1, 0.15) is 0 Å². The van der Waals surface area contributed by atoms with Crippen LogP contribution in [0.4, 0.5) is 0 Å². The van der Waals surface area contributed by atoms with Crippen molar-refractivity contribution < 1.29 is 9.21 Å². The van der Waals surface area contributed by atoms with Crippen molar-refractivity contribution in [1.82, 2.24) is 15.1 Å². The van der Waals surface area contributed by atoms with E-state index < -0.39 is 0 Å². The molecule has 0 fully saturated rings. The molecular formula is C13H24N4O2S. The molecule has 0 radical (unpaired) electrons. The van der Waals surface area contributed by atoms with Crippen LogP contribution in [0, 0.1) is 0 Å². The van der Waals surface area contributed by atoms with E-state index in [0.29, 0.717) is 16.9 Å². The van der Waals surface area contributed by atoms with E-state index in [-0.39, 0.29) is 5.91 Å². The lowest BCUT2D eigenvalue weighted by Crippen LogP contribution is -2.31. The van der Waals surface area contributed by atoms with Gasteiger partial charge in [-0.05, 0) is 33.2 Å². The molecule has 0 saturated heterocycles. The van der Waals surface area contributed by atoms with E-state index in [4.69, 9.17) is 10.2 Å². The molecule has 0 spiro atoms. The molecule has 0 aliphatic rings. The number of nitrogens with zero attached hydrogens (tertiary/aromatic N) is 3. The summed E-state index contributed by atoms with van der Waals surface area (Å²) in [6, 6.07) is 0. The third kappa shape index (κ3) is 5.92. The van der Waals surface area contributed by atoms with Gasteiger partial charge in [0.2, 0.25) is 11.8 Å². The van der Waals surface area contributed by atoms with Gasteiger partial charge < -0.3 is 15.1 Å². The number of rotatable bonds is 10. The van der Waals surface area contributed by atoms with Gasteiger partial charge in [-0.2, -0.15) is 0 Å². The normalized spacial score (nSPS) is 10.8. The lowest BCUT2D eigenvalue weighted by atomic mass is 10.2. The Morgan fingerprint density at radius 3 is 2.65 bits per heavy atom. The van der Waals surface area contributed by atoms with Crippen molar-refractivity contribution in [3.63, 3.8) is 0 Å². The maximum atomic E-state index is 11.8. The first-order chi connectivity index (χ1) is 9.71. The van der Waals surface area contributed by atoms with Crippen LogP contribution in [0.2, 0.25) is 0 Å². The first-order valence-corrected chi connectivity index (χ1v) is 8.12. The highest BCUT2D eigenvalue weighted by molar-refractivity contribution is 7.99. The standard InChI is InChI=1S/C13H24N4O2S/c1-3-17(4-2)12(18)10-20-13-16-15-11(19-13)8-6-5-7-9-14/h3-10,14H2,1-2H3. The van der Waals surface area contributed by atoms with Gasteiger partial charge in [0.25, 0.3) is 5.22 Å². The topological polar surface area (TPSA) is 85.2 Å². The second-order valence-corrected chi connectivity index (χ2v) is 5.34. The monoisotopic (exact) mass is 300 g/mol. The maximum Gasteiger partial charge on any atom is 0.277 e. The molecule has 1 aromatic heterocycles. The fourth-order valence-electron chi connectivity index (χ4n) is 1.79. The molecule has 114 valence electrons. The number of aromatic nitrogens is 2. The van der Waals surface area contributed by atoms with Gasteiger partial charge in [0.05, 0.1) is 5.75 Å². The fraction of sp³-hybridized carbons (Fsp3) is 0.769. The minimum Gasteiger partial charge on any atom is -0.416 e. The molecule has 7 heteroatoms. The average molecular weight is 300 g/mol. The summed E-state index contributed by atoms with van der Waals surface area (Å²) in [5.74, 6) is 1.08. The van der Waals surface area contributed by atoms with Crippen LogP contribution in [0.15, 0.2) is 9.64 Å². The highest BCUT2D eigenvalue weighted by atomic mass is 32.2. The molecule has 0 atom stereocenters. The number of unbranched alkanes of at least 4 members (excludes halogenated alkanes) is 2. The zero-order valence-corrected chi connectivity index (χ0v) is 13.1. The van der Waals surface area contributed by atoms with Crippen molar-refractivity contribution in [3.05, 3.63) is 5.89 Å². The Labute approximate surface area is 124 Å². The molecule has 1 aromatic rings. The molecule has 0 bridgehead atoms. The first-order valence-electron chi connectivity index (χ1n) is 7.14. The molecule has 2 N–H and O–H groups in total. The Balaban J connectivity index is 2.31. The van der Waals surface area contributed by atoms with Gasteiger partial charge in [-0.3, -0.25) is 4.79 Å². The number of amides is 1. The number of aryl methyl sites for hydroxylation is 1. The Bertz CT molecular complexity index is 393. The average Bonchev–Trinajstić information content (AvgIpc) is 2.91. The number of nitrogens with two attached hydrogens (primary N) is 1. The van der Waals surface area contributed by atoms with Crippen LogP contribution in [0.1, 0.15) is 39.0 Å². The van der Waals surface area contributed by atoms with Crippen molar-refractivity contribution in [1.29, 1.82) is 0 Å². The molecule has 1 amide bonds. The summed E-state index contributed by atoms with van der Waals surface area (Å²) < 4.78 is 5.50. The number of carbonyl (C=O) groups excluding carboxylic acids is 1. The predicted molar refractivity (Wildman–Crippen MR) is 79.6 cm³/mol. The lowest BCUT2D eigenvalue weighted by Gasteiger charge is -2.17. The Morgan fingerprint density at radius 2 is 2.00 bits per heavy atom. The molecular weight excluding hydrogens is 276 g/mol. The summed E-state index contributed by atoms with van der Waals surface area (Å²) in [6.45, 7) is 6.12. The number of hydrogen-bond acceptors (Lipinski definition) is 6. The van der Waals surface area contributed by atoms with Gasteiger partial charge in [0, 0.05) is 19.5 Å². The summed E-state index contributed by atoms with van der Waals surface area (Å²) in [5.41, 5.74) is 5.44. The van der Waals surface area contributed by atoms with Crippen molar-refractivity contribution >= 4 is 17.7 Å². The molecule has 6 nitrogen and oxygen atoms in total. The highest BCUT2D eigenvalue weighted by Crippen LogP contribution is 2.17. The fourth-order valence-corrected chi connectivity index (χ4v) is 2.47. The van der Waals surface area contributed by atoms with E-state index in [1.54, 1.807) is 4.90 Å². The smallest absolute Gasteiger partial charge is 0.277 e. The van der Waals surface area contributed by atoms with Crippen LogP contribution < -0.4 is 5.73 Å². The predicted octanol–water partition coefficient (Wildman–Crippen LogP) is 1.70. The van der Waals surface area contributed by atoms with Crippen LogP contribution in [0.25, 0.3) is 0 Å². The van der Waals surface area contributed by atoms with E-state index >= 15 is 0 Å². The summed E-state index contributed by atoms with van der Waals surface area (Å²) in [7, 11) is 0. The van der Waals surface area contributed by atoms with E-state index in [2.05, 4.69) is 10.2 Å². The van der Waals surface area contributed by atoms with E-state index in [9.17, 15) is 4.79 Å². The molecule has 0 saturated carbocycles. The molecule has 20 heavy (non-hydrogen) atoms. The second-order valence-electron chi connectivity index (χ2n) is 4.42. The van der Waals surface area contributed by atoms with Gasteiger partial charge in [-0.1, -0.05) is 18.2 Å².